The van der Waals surface area contributed by atoms with Crippen molar-refractivity contribution < 1.29 is 10.2 Å². The van der Waals surface area contributed by atoms with E-state index in [0.29, 0.717) is 12.1 Å². The summed E-state index contributed by atoms with van der Waals surface area (Å²) in [5.74, 6) is 0.424. The summed E-state index contributed by atoms with van der Waals surface area (Å²) in [6.07, 6.45) is 9.26. The van der Waals surface area contributed by atoms with Gasteiger partial charge in [-0.05, 0) is 37.8 Å². The van der Waals surface area contributed by atoms with Gasteiger partial charge in [0, 0.05) is 24.2 Å². The zero-order valence-corrected chi connectivity index (χ0v) is 18.2. The predicted molar refractivity (Wildman–Crippen MR) is 124 cm³/mol. The number of hydrogen-bond donors (Lipinski definition) is 3. The van der Waals surface area contributed by atoms with Crippen LogP contribution in [0.3, 0.4) is 0 Å². The highest BCUT2D eigenvalue weighted by Gasteiger charge is 2.43. The molecule has 0 radical (unpaired) electrons. The van der Waals surface area contributed by atoms with Crippen molar-refractivity contribution in [3.63, 3.8) is 0 Å². The van der Waals surface area contributed by atoms with Crippen LogP contribution >= 0.6 is 0 Å². The number of aliphatic hydroxyl groups is 1. The Morgan fingerprint density at radius 2 is 1.84 bits per heavy atom. The van der Waals surface area contributed by atoms with Crippen LogP contribution in [0.5, 0.6) is 0 Å². The molecule has 0 saturated heterocycles. The van der Waals surface area contributed by atoms with Gasteiger partial charge < -0.3 is 15.9 Å². The number of rotatable bonds is 6. The van der Waals surface area contributed by atoms with Crippen LogP contribution in [0.25, 0.3) is 11.1 Å². The first-order valence-electron chi connectivity index (χ1n) is 10.5. The van der Waals surface area contributed by atoms with E-state index in [-0.39, 0.29) is 17.7 Å². The van der Waals surface area contributed by atoms with Crippen molar-refractivity contribution in [1.82, 2.24) is 19.7 Å². The van der Waals surface area contributed by atoms with Gasteiger partial charge in [0.05, 0.1) is 23.8 Å². The van der Waals surface area contributed by atoms with Crippen LogP contribution in [0, 0.1) is 5.41 Å². The van der Waals surface area contributed by atoms with E-state index in [4.69, 9.17) is 16.2 Å². The molecule has 0 spiro atoms. The molecule has 1 fully saturated rings. The lowest BCUT2D eigenvalue weighted by molar-refractivity contribution is 0.0577. The molecule has 0 atom stereocenters. The molecule has 9 nitrogen and oxygen atoms in total. The fraction of sp³-hybridized carbons (Fsp3) is 0.348. The Morgan fingerprint density at radius 3 is 2.41 bits per heavy atom. The van der Waals surface area contributed by atoms with E-state index in [2.05, 4.69) is 20.1 Å². The maximum Gasteiger partial charge on any atom is 0.369 e. The van der Waals surface area contributed by atoms with Crippen LogP contribution < -0.4 is 5.73 Å². The lowest BCUT2D eigenvalue weighted by Crippen LogP contribution is -2.41. The highest BCUT2D eigenvalue weighted by atomic mass is 16.3. The zero-order valence-electron chi connectivity index (χ0n) is 18.2. The number of aliphatic imine (C=N–C) groups is 1. The van der Waals surface area contributed by atoms with Gasteiger partial charge >= 0.3 is 5.90 Å². The first kappa shape index (κ1) is 21.6. The normalized spacial score (nSPS) is 15.9. The maximum atomic E-state index is 9.96. The molecule has 6 N–H and O–H groups in total. The summed E-state index contributed by atoms with van der Waals surface area (Å²) in [5, 5.41) is 31.2. The second-order valence-corrected chi connectivity index (χ2v) is 8.89. The fourth-order valence-electron chi connectivity index (χ4n) is 3.91. The number of nitrogens with one attached hydrogen (secondary N) is 1. The average Bonchev–Trinajstić information content (AvgIpc) is 3.15. The monoisotopic (exact) mass is 434 g/mol. The molecular formula is C23H28N7O2+. The van der Waals surface area contributed by atoms with Crippen molar-refractivity contribution >= 4 is 17.7 Å². The van der Waals surface area contributed by atoms with E-state index in [1.165, 1.54) is 0 Å². The minimum Gasteiger partial charge on any atom is -0.578 e. The molecule has 0 aliphatic heterocycles. The molecule has 1 aliphatic rings. The Bertz CT molecular complexity index is 1140. The molecule has 0 amide bonds. The molecule has 166 valence electrons. The van der Waals surface area contributed by atoms with Gasteiger partial charge in [0.2, 0.25) is 5.95 Å². The maximum absolute atomic E-state index is 9.96. The van der Waals surface area contributed by atoms with Gasteiger partial charge in [0.25, 0.3) is 0 Å². The van der Waals surface area contributed by atoms with Crippen LogP contribution in [0.1, 0.15) is 44.2 Å². The summed E-state index contributed by atoms with van der Waals surface area (Å²) in [6, 6.07) is 8.01. The first-order chi connectivity index (χ1) is 15.2. The second-order valence-electron chi connectivity index (χ2n) is 8.89. The summed E-state index contributed by atoms with van der Waals surface area (Å²) in [4.78, 5) is 12.4. The van der Waals surface area contributed by atoms with E-state index in [9.17, 15) is 5.11 Å². The Kier molecular flexibility index (Phi) is 5.52. The average molecular weight is 435 g/mol. The number of nitrogens with zero attached hydrogens (tertiary/aromatic N) is 5. The van der Waals surface area contributed by atoms with Crippen LogP contribution in [-0.2, 0) is 12.0 Å². The third-order valence-electron chi connectivity index (χ3n) is 5.78. The summed E-state index contributed by atoms with van der Waals surface area (Å²) in [5.41, 5.74) is 7.56. The van der Waals surface area contributed by atoms with Gasteiger partial charge in [-0.15, -0.1) is 4.99 Å². The summed E-state index contributed by atoms with van der Waals surface area (Å²) in [6.45, 7) is 3.71. The number of amidine groups is 1. The van der Waals surface area contributed by atoms with E-state index in [1.807, 2.05) is 24.3 Å². The minimum atomic E-state index is -0.907. The number of anilines is 1. The quantitative estimate of drug-likeness (QED) is 0.309. The van der Waals surface area contributed by atoms with Crippen LogP contribution in [0.2, 0.25) is 0 Å². The molecule has 0 bridgehead atoms. The Hall–Kier alpha value is -3.59. The fourth-order valence-corrected chi connectivity index (χ4v) is 3.91. The molecule has 3 aromatic rings. The third-order valence-corrected chi connectivity index (χ3v) is 5.78. The van der Waals surface area contributed by atoms with Crippen molar-refractivity contribution in [2.24, 2.45) is 4.99 Å². The summed E-state index contributed by atoms with van der Waals surface area (Å²) < 4.78 is 1.59. The molecule has 4 rings (SSSR count). The van der Waals surface area contributed by atoms with Gasteiger partial charge in [-0.25, -0.2) is 9.97 Å². The van der Waals surface area contributed by atoms with E-state index in [0.717, 1.165) is 36.0 Å². The molecule has 1 aliphatic carbocycles. The highest BCUT2D eigenvalue weighted by Crippen LogP contribution is 2.45. The van der Waals surface area contributed by atoms with Crippen molar-refractivity contribution in [3.8, 4) is 11.1 Å². The van der Waals surface area contributed by atoms with Crippen molar-refractivity contribution in [2.75, 3.05) is 5.73 Å². The summed E-state index contributed by atoms with van der Waals surface area (Å²) >= 11 is 0. The smallest absolute Gasteiger partial charge is 0.369 e. The Balaban J connectivity index is 1.54. The third kappa shape index (κ3) is 4.38. The molecule has 32 heavy (non-hydrogen) atoms. The van der Waals surface area contributed by atoms with Gasteiger partial charge in [0.1, 0.15) is 11.4 Å². The number of nitrogens with two attached hydrogens (primary N) is 1. The minimum absolute atomic E-state index is 0.00101. The zero-order chi connectivity index (χ0) is 22.9. The number of benzene rings is 1. The van der Waals surface area contributed by atoms with E-state index in [1.54, 1.807) is 43.3 Å². The van der Waals surface area contributed by atoms with Crippen molar-refractivity contribution in [2.45, 2.75) is 50.7 Å². The van der Waals surface area contributed by atoms with Gasteiger partial charge in [-0.1, -0.05) is 30.7 Å². The lowest BCUT2D eigenvalue weighted by Gasteiger charge is -2.41. The molecular weight excluding hydrogens is 406 g/mol. The van der Waals surface area contributed by atoms with E-state index >= 15 is 0 Å². The number of aromatic nitrogens is 4. The molecule has 2 aromatic heterocycles. The molecule has 1 aromatic carbocycles. The van der Waals surface area contributed by atoms with Crippen LogP contribution in [0.15, 0.2) is 54.0 Å². The second kappa shape index (κ2) is 8.16. The van der Waals surface area contributed by atoms with Crippen LogP contribution in [-0.4, -0.2) is 47.3 Å². The highest BCUT2D eigenvalue weighted by molar-refractivity contribution is 6.04. The molecule has 1 saturated carbocycles. The SMILES string of the molecule is CC(C)(O)Cn1cc(C([OH2+])=NC(=N)C2(c3ccc(-c4cnc(N)nc4)cc3)CCC2)cn1. The Labute approximate surface area is 186 Å². The van der Waals surface area contributed by atoms with E-state index < -0.39 is 11.0 Å². The van der Waals surface area contributed by atoms with Crippen molar-refractivity contribution in [1.29, 1.82) is 5.41 Å². The molecule has 9 heteroatoms. The summed E-state index contributed by atoms with van der Waals surface area (Å²) in [7, 11) is 0. The predicted octanol–water partition coefficient (Wildman–Crippen LogP) is 2.26. The number of hydrogen-bond acceptors (Lipinski definition) is 6. The standard InChI is InChI=1S/C23H27N7O2/c1-22(2,32)14-30-13-17(12-28-30)19(31)29-20(24)23(8-3-9-23)18-6-4-15(5-7-18)16-10-26-21(25)27-11-16/h4-7,10-13,32H,3,8-9,14H2,1-2H3,(H2,24,29,31)(H2,25,26,27)/p+1. The topological polar surface area (TPSA) is 149 Å². The first-order valence-corrected chi connectivity index (χ1v) is 10.5. The lowest BCUT2D eigenvalue weighted by atomic mass is 9.63. The Morgan fingerprint density at radius 1 is 1.19 bits per heavy atom. The molecule has 0 unspecified atom stereocenters. The van der Waals surface area contributed by atoms with Gasteiger partial charge in [0.15, 0.2) is 0 Å². The van der Waals surface area contributed by atoms with Gasteiger partial charge in [-0.3, -0.25) is 10.1 Å². The van der Waals surface area contributed by atoms with Crippen molar-refractivity contribution in [3.05, 3.63) is 60.2 Å². The largest absolute Gasteiger partial charge is 0.578 e. The van der Waals surface area contributed by atoms with Gasteiger partial charge in [-0.2, -0.15) is 5.10 Å². The number of nitrogen functional groups attached to an aromatic ring is 1. The molecule has 2 heterocycles. The van der Waals surface area contributed by atoms with Crippen LogP contribution in [0.4, 0.5) is 5.95 Å².